The number of anilines is 1. The molecule has 1 aromatic rings. The summed E-state index contributed by atoms with van der Waals surface area (Å²) in [6, 6.07) is 2.37. The Bertz CT molecular complexity index is 358. The van der Waals surface area contributed by atoms with E-state index >= 15 is 0 Å². The highest BCUT2D eigenvalue weighted by Gasteiger charge is 2.18. The van der Waals surface area contributed by atoms with E-state index in [1.807, 2.05) is 12.3 Å². The number of hydrogen-bond acceptors (Lipinski definition) is 4. The zero-order valence-corrected chi connectivity index (χ0v) is 10.8. The summed E-state index contributed by atoms with van der Waals surface area (Å²) in [5.74, 6) is 1.37. The minimum absolute atomic E-state index is 0.351. The normalized spacial score (nSPS) is 19.4. The standard InChI is InChI=1S/C13H22N4/c1-3-10(2)12-4-7-15-13(16-12)17-8-5-11(14)6-9-17/h4,7,10-11H,3,5-6,8-9,14H2,1-2H3. The number of rotatable bonds is 3. The van der Waals surface area contributed by atoms with Crippen molar-refractivity contribution in [3.63, 3.8) is 0 Å². The Balaban J connectivity index is 2.10. The first kappa shape index (κ1) is 12.3. The quantitative estimate of drug-likeness (QED) is 0.868. The van der Waals surface area contributed by atoms with Crippen LogP contribution in [0.15, 0.2) is 12.3 Å². The Kier molecular flexibility index (Phi) is 3.94. The van der Waals surface area contributed by atoms with Gasteiger partial charge in [0.05, 0.1) is 0 Å². The number of aromatic nitrogens is 2. The van der Waals surface area contributed by atoms with Crippen molar-refractivity contribution in [1.82, 2.24) is 9.97 Å². The summed E-state index contributed by atoms with van der Waals surface area (Å²) in [6.45, 7) is 6.35. The summed E-state index contributed by atoms with van der Waals surface area (Å²) in [7, 11) is 0. The minimum Gasteiger partial charge on any atom is -0.341 e. The molecular weight excluding hydrogens is 212 g/mol. The molecule has 1 fully saturated rings. The van der Waals surface area contributed by atoms with Crippen LogP contribution < -0.4 is 10.6 Å². The van der Waals surface area contributed by atoms with Crippen molar-refractivity contribution in [1.29, 1.82) is 0 Å². The molecule has 2 heterocycles. The molecule has 94 valence electrons. The maximum Gasteiger partial charge on any atom is 0.225 e. The van der Waals surface area contributed by atoms with Crippen LogP contribution >= 0.6 is 0 Å². The van der Waals surface area contributed by atoms with Crippen LogP contribution in [0.25, 0.3) is 0 Å². The van der Waals surface area contributed by atoms with Crippen molar-refractivity contribution >= 4 is 5.95 Å². The molecule has 4 heteroatoms. The predicted octanol–water partition coefficient (Wildman–Crippen LogP) is 1.92. The molecule has 0 spiro atoms. The van der Waals surface area contributed by atoms with Gasteiger partial charge in [-0.15, -0.1) is 0 Å². The van der Waals surface area contributed by atoms with Crippen molar-refractivity contribution in [2.45, 2.75) is 45.1 Å². The van der Waals surface area contributed by atoms with Gasteiger partial charge in [0.1, 0.15) is 0 Å². The Labute approximate surface area is 103 Å². The first-order chi connectivity index (χ1) is 8.20. The average molecular weight is 234 g/mol. The molecule has 1 saturated heterocycles. The Morgan fingerprint density at radius 2 is 2.18 bits per heavy atom. The Hall–Kier alpha value is -1.16. The van der Waals surface area contributed by atoms with Gasteiger partial charge >= 0.3 is 0 Å². The largest absolute Gasteiger partial charge is 0.341 e. The van der Waals surface area contributed by atoms with Gasteiger partial charge in [-0.2, -0.15) is 0 Å². The fourth-order valence-electron chi connectivity index (χ4n) is 2.10. The van der Waals surface area contributed by atoms with Gasteiger partial charge in [-0.3, -0.25) is 0 Å². The summed E-state index contributed by atoms with van der Waals surface area (Å²) >= 11 is 0. The second-order valence-corrected chi connectivity index (χ2v) is 4.92. The van der Waals surface area contributed by atoms with E-state index in [-0.39, 0.29) is 0 Å². The SMILES string of the molecule is CCC(C)c1ccnc(N2CCC(N)CC2)n1. The zero-order valence-electron chi connectivity index (χ0n) is 10.8. The van der Waals surface area contributed by atoms with Gasteiger partial charge in [0, 0.05) is 31.0 Å². The lowest BCUT2D eigenvalue weighted by molar-refractivity contribution is 0.494. The Morgan fingerprint density at radius 3 is 2.82 bits per heavy atom. The van der Waals surface area contributed by atoms with Crippen LogP contribution in [-0.4, -0.2) is 29.1 Å². The molecule has 1 aliphatic rings. The molecule has 4 nitrogen and oxygen atoms in total. The second-order valence-electron chi connectivity index (χ2n) is 4.92. The summed E-state index contributed by atoms with van der Waals surface area (Å²) in [5.41, 5.74) is 7.05. The molecule has 2 N–H and O–H groups in total. The lowest BCUT2D eigenvalue weighted by atomic mass is 10.1. The predicted molar refractivity (Wildman–Crippen MR) is 70.2 cm³/mol. The fourth-order valence-corrected chi connectivity index (χ4v) is 2.10. The van der Waals surface area contributed by atoms with Crippen molar-refractivity contribution < 1.29 is 0 Å². The lowest BCUT2D eigenvalue weighted by Crippen LogP contribution is -2.40. The molecule has 1 aliphatic heterocycles. The molecular formula is C13H22N4. The molecule has 1 unspecified atom stereocenters. The Morgan fingerprint density at radius 1 is 1.47 bits per heavy atom. The van der Waals surface area contributed by atoms with Gasteiger partial charge in [0.15, 0.2) is 0 Å². The van der Waals surface area contributed by atoms with E-state index in [2.05, 4.69) is 28.7 Å². The van der Waals surface area contributed by atoms with Gasteiger partial charge in [-0.1, -0.05) is 13.8 Å². The molecule has 0 bridgehead atoms. The highest BCUT2D eigenvalue weighted by Crippen LogP contribution is 2.20. The molecule has 1 aromatic heterocycles. The topological polar surface area (TPSA) is 55.0 Å². The monoisotopic (exact) mass is 234 g/mol. The highest BCUT2D eigenvalue weighted by molar-refractivity contribution is 5.31. The number of nitrogens with zero attached hydrogens (tertiary/aromatic N) is 3. The van der Waals surface area contributed by atoms with Crippen LogP contribution in [0.5, 0.6) is 0 Å². The molecule has 0 saturated carbocycles. The van der Waals surface area contributed by atoms with Crippen LogP contribution in [0.3, 0.4) is 0 Å². The van der Waals surface area contributed by atoms with Crippen molar-refractivity contribution in [2.75, 3.05) is 18.0 Å². The molecule has 0 radical (unpaired) electrons. The van der Waals surface area contributed by atoms with E-state index < -0.39 is 0 Å². The molecule has 1 atom stereocenters. The average Bonchev–Trinajstić information content (AvgIpc) is 2.39. The van der Waals surface area contributed by atoms with Crippen molar-refractivity contribution in [3.8, 4) is 0 Å². The van der Waals surface area contributed by atoms with Crippen LogP contribution in [0.1, 0.15) is 44.7 Å². The summed E-state index contributed by atoms with van der Waals surface area (Å²) in [5, 5.41) is 0. The van der Waals surface area contributed by atoms with Crippen molar-refractivity contribution in [2.24, 2.45) is 5.73 Å². The van der Waals surface area contributed by atoms with Gasteiger partial charge in [-0.05, 0) is 31.2 Å². The molecule has 0 aromatic carbocycles. The van der Waals surface area contributed by atoms with Crippen molar-refractivity contribution in [3.05, 3.63) is 18.0 Å². The van der Waals surface area contributed by atoms with Crippen LogP contribution in [-0.2, 0) is 0 Å². The smallest absolute Gasteiger partial charge is 0.225 e. The zero-order chi connectivity index (χ0) is 12.3. The van der Waals surface area contributed by atoms with E-state index in [0.717, 1.165) is 44.0 Å². The molecule has 0 aliphatic carbocycles. The summed E-state index contributed by atoms with van der Waals surface area (Å²) < 4.78 is 0. The van der Waals surface area contributed by atoms with E-state index in [4.69, 9.17) is 5.73 Å². The van der Waals surface area contributed by atoms with Gasteiger partial charge < -0.3 is 10.6 Å². The van der Waals surface area contributed by atoms with E-state index in [1.54, 1.807) is 0 Å². The third-order valence-corrected chi connectivity index (χ3v) is 3.60. The van der Waals surface area contributed by atoms with Crippen LogP contribution in [0.2, 0.25) is 0 Å². The molecule has 0 amide bonds. The molecule has 2 rings (SSSR count). The maximum absolute atomic E-state index is 5.91. The third kappa shape index (κ3) is 2.94. The van der Waals surface area contributed by atoms with Crippen LogP contribution in [0.4, 0.5) is 5.95 Å². The van der Waals surface area contributed by atoms with E-state index in [9.17, 15) is 0 Å². The highest BCUT2D eigenvalue weighted by atomic mass is 15.3. The first-order valence-corrected chi connectivity index (χ1v) is 6.54. The fraction of sp³-hybridized carbons (Fsp3) is 0.692. The van der Waals surface area contributed by atoms with Gasteiger partial charge in [-0.25, -0.2) is 9.97 Å². The number of hydrogen-bond donors (Lipinski definition) is 1. The number of piperidine rings is 1. The summed E-state index contributed by atoms with van der Waals surface area (Å²) in [6.07, 6.45) is 5.06. The summed E-state index contributed by atoms with van der Waals surface area (Å²) in [4.78, 5) is 11.3. The van der Waals surface area contributed by atoms with Gasteiger partial charge in [0.2, 0.25) is 5.95 Å². The lowest BCUT2D eigenvalue weighted by Gasteiger charge is -2.30. The maximum atomic E-state index is 5.91. The first-order valence-electron chi connectivity index (χ1n) is 6.54. The number of nitrogens with two attached hydrogens (primary N) is 1. The second kappa shape index (κ2) is 5.45. The van der Waals surface area contributed by atoms with Gasteiger partial charge in [0.25, 0.3) is 0 Å². The van der Waals surface area contributed by atoms with E-state index in [1.165, 1.54) is 0 Å². The minimum atomic E-state index is 0.351. The van der Waals surface area contributed by atoms with E-state index in [0.29, 0.717) is 12.0 Å². The van der Waals surface area contributed by atoms with Crippen LogP contribution in [0, 0.1) is 0 Å². The third-order valence-electron chi connectivity index (χ3n) is 3.60. The molecule has 17 heavy (non-hydrogen) atoms.